The molecule has 2 heterocycles. The Labute approximate surface area is 123 Å². The number of nitrogens with zero attached hydrogens (tertiary/aromatic N) is 2. The molecule has 0 saturated heterocycles. The van der Waals surface area contributed by atoms with Crippen molar-refractivity contribution in [2.24, 2.45) is 0 Å². The van der Waals surface area contributed by atoms with E-state index in [0.717, 1.165) is 6.20 Å². The van der Waals surface area contributed by atoms with Crippen molar-refractivity contribution in [3.63, 3.8) is 0 Å². The number of hydrogen-bond acceptors (Lipinski definition) is 5. The van der Waals surface area contributed by atoms with Crippen molar-refractivity contribution in [3.8, 4) is 0 Å². The van der Waals surface area contributed by atoms with Crippen molar-refractivity contribution in [1.29, 1.82) is 0 Å². The van der Waals surface area contributed by atoms with Gasteiger partial charge in [0, 0.05) is 23.9 Å². The van der Waals surface area contributed by atoms with E-state index in [9.17, 15) is 12.8 Å². The Kier molecular flexibility index (Phi) is 4.19. The third kappa shape index (κ3) is 3.05. The van der Waals surface area contributed by atoms with Gasteiger partial charge in [-0.05, 0) is 28.1 Å². The summed E-state index contributed by atoms with van der Waals surface area (Å²) in [6.07, 6.45) is 3.67. The van der Waals surface area contributed by atoms with Gasteiger partial charge in [0.15, 0.2) is 5.82 Å². The van der Waals surface area contributed by atoms with Gasteiger partial charge in [-0.1, -0.05) is 0 Å². The molecule has 0 saturated carbocycles. The predicted octanol–water partition coefficient (Wildman–Crippen LogP) is 2.22. The van der Waals surface area contributed by atoms with Gasteiger partial charge in [0.1, 0.15) is 10.7 Å². The molecule has 0 aliphatic heterocycles. The molecular formula is C11H10BrFN4O2S. The number of hydrogen-bond donors (Lipinski definition) is 2. The second-order valence-corrected chi connectivity index (χ2v) is 6.28. The van der Waals surface area contributed by atoms with E-state index < -0.39 is 15.8 Å². The molecule has 0 aliphatic rings. The quantitative estimate of drug-likeness (QED) is 0.873. The van der Waals surface area contributed by atoms with Gasteiger partial charge in [-0.15, -0.1) is 0 Å². The Morgan fingerprint density at radius 3 is 2.75 bits per heavy atom. The molecule has 0 radical (unpaired) electrons. The molecule has 20 heavy (non-hydrogen) atoms. The fourth-order valence-corrected chi connectivity index (χ4v) is 3.21. The normalized spacial score (nSPS) is 11.2. The fourth-order valence-electron chi connectivity index (χ4n) is 1.47. The maximum Gasteiger partial charge on any atom is 0.265 e. The summed E-state index contributed by atoms with van der Waals surface area (Å²) < 4.78 is 40.7. The largest absolute Gasteiger partial charge is 0.372 e. The highest BCUT2D eigenvalue weighted by molar-refractivity contribution is 9.10. The minimum Gasteiger partial charge on any atom is -0.372 e. The highest BCUT2D eigenvalue weighted by atomic mass is 79.9. The van der Waals surface area contributed by atoms with Crippen molar-refractivity contribution in [1.82, 2.24) is 9.97 Å². The highest BCUT2D eigenvalue weighted by Crippen LogP contribution is 2.25. The van der Waals surface area contributed by atoms with Crippen molar-refractivity contribution in [2.45, 2.75) is 4.90 Å². The van der Waals surface area contributed by atoms with Gasteiger partial charge in [0.25, 0.3) is 10.0 Å². The number of halogens is 2. The molecule has 2 aromatic rings. The van der Waals surface area contributed by atoms with Crippen molar-refractivity contribution in [2.75, 3.05) is 17.1 Å². The molecule has 106 valence electrons. The molecular weight excluding hydrogens is 351 g/mol. The van der Waals surface area contributed by atoms with E-state index in [1.165, 1.54) is 24.5 Å². The molecule has 2 rings (SSSR count). The molecule has 0 aliphatic carbocycles. The van der Waals surface area contributed by atoms with E-state index in [2.05, 4.69) is 35.9 Å². The van der Waals surface area contributed by atoms with Crippen LogP contribution in [0.2, 0.25) is 0 Å². The van der Waals surface area contributed by atoms with Gasteiger partial charge in [0.05, 0.1) is 11.9 Å². The lowest BCUT2D eigenvalue weighted by molar-refractivity contribution is 0.598. The van der Waals surface area contributed by atoms with Crippen LogP contribution in [0, 0.1) is 5.82 Å². The lowest BCUT2D eigenvalue weighted by Crippen LogP contribution is -2.16. The first-order chi connectivity index (χ1) is 9.44. The number of pyridine rings is 2. The second kappa shape index (κ2) is 5.71. The Morgan fingerprint density at radius 1 is 1.35 bits per heavy atom. The van der Waals surface area contributed by atoms with Crippen LogP contribution in [0.4, 0.5) is 15.9 Å². The molecule has 0 amide bonds. The fraction of sp³-hybridized carbons (Fsp3) is 0.0909. The van der Waals surface area contributed by atoms with Crippen LogP contribution in [0.3, 0.4) is 0 Å². The maximum absolute atomic E-state index is 13.5. The summed E-state index contributed by atoms with van der Waals surface area (Å²) in [7, 11) is -2.43. The smallest absolute Gasteiger partial charge is 0.265 e. The summed E-state index contributed by atoms with van der Waals surface area (Å²) in [4.78, 5) is 7.41. The average molecular weight is 361 g/mol. The summed E-state index contributed by atoms with van der Waals surface area (Å²) in [5, 5.41) is 2.67. The Balaban J connectivity index is 2.46. The molecule has 0 unspecified atom stereocenters. The molecule has 0 bridgehead atoms. The van der Waals surface area contributed by atoms with E-state index in [0.29, 0.717) is 4.47 Å². The molecule has 6 nitrogen and oxygen atoms in total. The van der Waals surface area contributed by atoms with E-state index in [1.54, 1.807) is 7.05 Å². The number of rotatable bonds is 4. The topological polar surface area (TPSA) is 84.0 Å². The standard InChI is InChI=1S/C11H10BrFN4O2S/c1-14-11-10(4-7(12)5-16-11)20(18,19)17-9-2-3-15-6-8(9)13/h2-6H,1H3,(H,14,16)(H,15,17). The summed E-state index contributed by atoms with van der Waals surface area (Å²) in [6.45, 7) is 0. The first-order valence-electron chi connectivity index (χ1n) is 5.39. The van der Waals surface area contributed by atoms with Crippen molar-refractivity contribution < 1.29 is 12.8 Å². The van der Waals surface area contributed by atoms with Crippen LogP contribution in [0.1, 0.15) is 0 Å². The monoisotopic (exact) mass is 360 g/mol. The Morgan fingerprint density at radius 2 is 2.10 bits per heavy atom. The van der Waals surface area contributed by atoms with Gasteiger partial charge in [-0.3, -0.25) is 9.71 Å². The van der Waals surface area contributed by atoms with Crippen LogP contribution in [-0.2, 0) is 10.0 Å². The van der Waals surface area contributed by atoms with Gasteiger partial charge >= 0.3 is 0 Å². The third-order valence-electron chi connectivity index (χ3n) is 2.36. The van der Waals surface area contributed by atoms with E-state index in [-0.39, 0.29) is 16.4 Å². The molecule has 0 spiro atoms. The van der Waals surface area contributed by atoms with Gasteiger partial charge in [0.2, 0.25) is 0 Å². The first-order valence-corrected chi connectivity index (χ1v) is 7.67. The lowest BCUT2D eigenvalue weighted by atomic mass is 10.4. The van der Waals surface area contributed by atoms with E-state index >= 15 is 0 Å². The van der Waals surface area contributed by atoms with E-state index in [1.807, 2.05) is 0 Å². The molecule has 2 aromatic heterocycles. The summed E-state index contributed by atoms with van der Waals surface area (Å²) in [5.74, 6) is -0.597. The average Bonchev–Trinajstić information content (AvgIpc) is 2.41. The Bertz CT molecular complexity index is 739. The number of aromatic nitrogens is 2. The van der Waals surface area contributed by atoms with Gasteiger partial charge in [-0.2, -0.15) is 0 Å². The second-order valence-electron chi connectivity index (χ2n) is 3.71. The molecule has 0 atom stereocenters. The maximum atomic E-state index is 13.5. The number of nitrogens with one attached hydrogen (secondary N) is 2. The SMILES string of the molecule is CNc1ncc(Br)cc1S(=O)(=O)Nc1ccncc1F. The van der Waals surface area contributed by atoms with Crippen molar-refractivity contribution >= 4 is 37.5 Å². The summed E-state index contributed by atoms with van der Waals surface area (Å²) >= 11 is 3.15. The zero-order chi connectivity index (χ0) is 14.8. The van der Waals surface area contributed by atoms with Crippen LogP contribution in [-0.4, -0.2) is 25.4 Å². The molecule has 0 aromatic carbocycles. The third-order valence-corrected chi connectivity index (χ3v) is 4.17. The van der Waals surface area contributed by atoms with Crippen LogP contribution < -0.4 is 10.0 Å². The number of sulfonamides is 1. The van der Waals surface area contributed by atoms with E-state index in [4.69, 9.17) is 0 Å². The predicted molar refractivity (Wildman–Crippen MR) is 76.5 cm³/mol. The van der Waals surface area contributed by atoms with Crippen LogP contribution in [0.15, 0.2) is 40.1 Å². The molecule has 9 heteroatoms. The van der Waals surface area contributed by atoms with Crippen LogP contribution in [0.5, 0.6) is 0 Å². The highest BCUT2D eigenvalue weighted by Gasteiger charge is 2.21. The molecule has 0 fully saturated rings. The zero-order valence-electron chi connectivity index (χ0n) is 10.3. The van der Waals surface area contributed by atoms with Crippen molar-refractivity contribution in [3.05, 3.63) is 41.0 Å². The number of anilines is 2. The molecule has 2 N–H and O–H groups in total. The summed E-state index contributed by atoms with van der Waals surface area (Å²) in [5.41, 5.74) is -0.179. The Hall–Kier alpha value is -1.74. The minimum atomic E-state index is -3.97. The minimum absolute atomic E-state index is 0.0920. The first kappa shape index (κ1) is 14.7. The van der Waals surface area contributed by atoms with Crippen LogP contribution >= 0.6 is 15.9 Å². The zero-order valence-corrected chi connectivity index (χ0v) is 12.7. The van der Waals surface area contributed by atoms with Crippen LogP contribution in [0.25, 0.3) is 0 Å². The lowest BCUT2D eigenvalue weighted by Gasteiger charge is -2.11. The van der Waals surface area contributed by atoms with Gasteiger partial charge < -0.3 is 5.32 Å². The summed E-state index contributed by atoms with van der Waals surface area (Å²) in [6, 6.07) is 2.61. The van der Waals surface area contributed by atoms with Gasteiger partial charge in [-0.25, -0.2) is 17.8 Å².